The maximum Gasteiger partial charge on any atom is 0.296 e. The Kier molecular flexibility index (Phi) is 7.37. The van der Waals surface area contributed by atoms with Crippen LogP contribution < -0.4 is 10.1 Å². The third-order valence-corrected chi connectivity index (χ3v) is 7.34. The second kappa shape index (κ2) is 10.3. The average molecular weight is 560 g/mol. The molecule has 4 rings (SSSR count). The monoisotopic (exact) mass is 559 g/mol. The van der Waals surface area contributed by atoms with Crippen LogP contribution >= 0.6 is 23.2 Å². The molecule has 0 fully saturated rings. The van der Waals surface area contributed by atoms with Crippen LogP contribution in [-0.2, 0) is 10.1 Å². The first kappa shape index (κ1) is 26.4. The van der Waals surface area contributed by atoms with Crippen molar-refractivity contribution in [1.29, 1.82) is 0 Å². The summed E-state index contributed by atoms with van der Waals surface area (Å²) in [5.74, 6) is -0.770. The van der Waals surface area contributed by atoms with Gasteiger partial charge in [-0.3, -0.25) is 9.35 Å². The summed E-state index contributed by atoms with van der Waals surface area (Å²) in [6.45, 7) is 1.50. The Morgan fingerprint density at radius 3 is 2.46 bits per heavy atom. The molecule has 3 N–H and O–H groups in total. The first-order chi connectivity index (χ1) is 17.5. The third kappa shape index (κ3) is 5.23. The number of hydrogen-bond acceptors (Lipinski definition) is 7. The van der Waals surface area contributed by atoms with Crippen LogP contribution in [0.3, 0.4) is 0 Å². The minimum atomic E-state index is -4.53. The number of carbonyl (C=O) groups is 1. The number of nitrogens with one attached hydrogen (secondary N) is 1. The van der Waals surface area contributed by atoms with Crippen molar-refractivity contribution < 1.29 is 27.6 Å². The van der Waals surface area contributed by atoms with E-state index in [0.29, 0.717) is 16.5 Å². The maximum absolute atomic E-state index is 13.2. The van der Waals surface area contributed by atoms with Gasteiger partial charge in [-0.2, -0.15) is 13.5 Å². The van der Waals surface area contributed by atoms with E-state index in [1.54, 1.807) is 42.5 Å². The molecular formula is C25H19Cl2N3O6S. The van der Waals surface area contributed by atoms with E-state index in [4.69, 9.17) is 27.9 Å². The summed E-state index contributed by atoms with van der Waals surface area (Å²) in [6.07, 6.45) is 0. The Hall–Kier alpha value is -3.70. The molecule has 0 saturated carbocycles. The molecule has 0 aromatic heterocycles. The Labute approximate surface area is 222 Å². The van der Waals surface area contributed by atoms with Crippen molar-refractivity contribution >= 4 is 67.1 Å². The summed E-state index contributed by atoms with van der Waals surface area (Å²) >= 11 is 12.3. The van der Waals surface area contributed by atoms with Gasteiger partial charge in [-0.25, -0.2) is 0 Å². The molecular weight excluding hydrogens is 541 g/mol. The van der Waals surface area contributed by atoms with E-state index < -0.39 is 26.7 Å². The zero-order valence-corrected chi connectivity index (χ0v) is 21.7. The number of para-hydroxylation sites is 1. The van der Waals surface area contributed by atoms with Gasteiger partial charge in [0.25, 0.3) is 16.0 Å². The van der Waals surface area contributed by atoms with Crippen LogP contribution in [0.15, 0.2) is 75.8 Å². The number of azo groups is 1. The van der Waals surface area contributed by atoms with Crippen molar-refractivity contribution in [3.05, 3.63) is 81.8 Å². The summed E-state index contributed by atoms with van der Waals surface area (Å²) in [7, 11) is -3.10. The number of benzene rings is 4. The SMILES string of the molecule is COc1cccc(Cl)c1NC(=O)c1cc2ccccc2c(N=Nc2ccc(S(=O)(=O)O)c(Cl)c2C)c1O. The van der Waals surface area contributed by atoms with Gasteiger partial charge in [0.05, 0.1) is 28.4 Å². The number of fused-ring (bicyclic) bond motifs is 1. The third-order valence-electron chi connectivity index (χ3n) is 5.53. The Morgan fingerprint density at radius 2 is 1.76 bits per heavy atom. The number of halogens is 2. The summed E-state index contributed by atoms with van der Waals surface area (Å²) in [5.41, 5.74) is 0.576. The first-order valence-electron chi connectivity index (χ1n) is 10.6. The first-order valence-corrected chi connectivity index (χ1v) is 12.8. The smallest absolute Gasteiger partial charge is 0.296 e. The number of ether oxygens (including phenoxy) is 1. The van der Waals surface area contributed by atoms with Gasteiger partial charge in [-0.15, -0.1) is 5.11 Å². The molecule has 0 aliphatic carbocycles. The lowest BCUT2D eigenvalue weighted by atomic mass is 10.0. The van der Waals surface area contributed by atoms with Crippen LogP contribution in [0.5, 0.6) is 11.5 Å². The van der Waals surface area contributed by atoms with Crippen LogP contribution in [0.1, 0.15) is 15.9 Å². The molecule has 0 heterocycles. The Morgan fingerprint density at radius 1 is 1.03 bits per heavy atom. The summed E-state index contributed by atoms with van der Waals surface area (Å²) in [6, 6.07) is 15.7. The molecule has 1 amide bonds. The number of amides is 1. The number of carbonyl (C=O) groups excluding carboxylic acids is 1. The van der Waals surface area contributed by atoms with E-state index in [2.05, 4.69) is 15.5 Å². The molecule has 0 radical (unpaired) electrons. The normalized spacial score (nSPS) is 11.7. The van der Waals surface area contributed by atoms with E-state index in [1.807, 2.05) is 0 Å². The van der Waals surface area contributed by atoms with Crippen LogP contribution in [-0.4, -0.2) is 31.1 Å². The van der Waals surface area contributed by atoms with Crippen molar-refractivity contribution in [2.24, 2.45) is 10.2 Å². The lowest BCUT2D eigenvalue weighted by Crippen LogP contribution is -2.13. The van der Waals surface area contributed by atoms with Crippen molar-refractivity contribution in [3.8, 4) is 11.5 Å². The fourth-order valence-corrected chi connectivity index (χ4v) is 4.91. The molecule has 0 saturated heterocycles. The number of hydrogen-bond donors (Lipinski definition) is 3. The highest BCUT2D eigenvalue weighted by atomic mass is 35.5. The van der Waals surface area contributed by atoms with Crippen LogP contribution in [0, 0.1) is 6.92 Å². The molecule has 0 atom stereocenters. The number of phenols is 1. The highest BCUT2D eigenvalue weighted by molar-refractivity contribution is 7.86. The van der Waals surface area contributed by atoms with E-state index in [9.17, 15) is 22.9 Å². The summed E-state index contributed by atoms with van der Waals surface area (Å²) < 4.78 is 37.6. The standard InChI is InChI=1S/C25H19Cl2N3O6S/c1-13-18(10-11-20(21(13)27)37(33,34)35)29-30-22-15-7-4-3-6-14(15)12-16(24(22)31)25(32)28-23-17(26)8-5-9-19(23)36-2/h3-12,31H,1-2H3,(H,28,32)(H,33,34,35). The van der Waals surface area contributed by atoms with Gasteiger partial charge in [0.1, 0.15) is 22.0 Å². The van der Waals surface area contributed by atoms with Gasteiger partial charge in [-0.05, 0) is 48.2 Å². The highest BCUT2D eigenvalue weighted by Crippen LogP contribution is 2.41. The maximum atomic E-state index is 13.2. The van der Waals surface area contributed by atoms with Crippen LogP contribution in [0.2, 0.25) is 10.0 Å². The fraction of sp³-hybridized carbons (Fsp3) is 0.0800. The molecule has 4 aromatic rings. The summed E-state index contributed by atoms with van der Waals surface area (Å²) in [4.78, 5) is 12.7. The number of methoxy groups -OCH3 is 1. The van der Waals surface area contributed by atoms with E-state index >= 15 is 0 Å². The summed E-state index contributed by atoms with van der Waals surface area (Å²) in [5, 5.41) is 23.2. The highest BCUT2D eigenvalue weighted by Gasteiger charge is 2.21. The quantitative estimate of drug-likeness (QED) is 0.170. The molecule has 190 valence electrons. The molecule has 0 spiro atoms. The molecule has 0 unspecified atom stereocenters. The molecule has 37 heavy (non-hydrogen) atoms. The number of phenolic OH excluding ortho intramolecular Hbond substituents is 1. The molecule has 4 aromatic carbocycles. The second-order valence-corrected chi connectivity index (χ2v) is 9.99. The largest absolute Gasteiger partial charge is 0.505 e. The minimum Gasteiger partial charge on any atom is -0.505 e. The zero-order chi connectivity index (χ0) is 26.9. The van der Waals surface area contributed by atoms with Gasteiger partial charge < -0.3 is 15.2 Å². The fourth-order valence-electron chi connectivity index (χ4n) is 3.63. The second-order valence-electron chi connectivity index (χ2n) is 7.81. The van der Waals surface area contributed by atoms with Crippen LogP contribution in [0.4, 0.5) is 17.1 Å². The van der Waals surface area contributed by atoms with Gasteiger partial charge >= 0.3 is 0 Å². The minimum absolute atomic E-state index is 0.00347. The van der Waals surface area contributed by atoms with E-state index in [0.717, 1.165) is 6.07 Å². The zero-order valence-electron chi connectivity index (χ0n) is 19.4. The topological polar surface area (TPSA) is 138 Å². The average Bonchev–Trinajstić information content (AvgIpc) is 2.85. The van der Waals surface area contributed by atoms with Gasteiger partial charge in [0.2, 0.25) is 0 Å². The van der Waals surface area contributed by atoms with Crippen molar-refractivity contribution in [2.75, 3.05) is 12.4 Å². The van der Waals surface area contributed by atoms with Gasteiger partial charge in [0.15, 0.2) is 5.75 Å². The molecule has 0 bridgehead atoms. The van der Waals surface area contributed by atoms with E-state index in [1.165, 1.54) is 26.2 Å². The number of aromatic hydroxyl groups is 1. The predicted octanol–water partition coefficient (Wildman–Crippen LogP) is 7.08. The van der Waals surface area contributed by atoms with Gasteiger partial charge in [-0.1, -0.05) is 53.5 Å². The number of nitrogens with zero attached hydrogens (tertiary/aromatic N) is 2. The molecule has 0 aliphatic rings. The van der Waals surface area contributed by atoms with E-state index in [-0.39, 0.29) is 38.2 Å². The van der Waals surface area contributed by atoms with Crippen molar-refractivity contribution in [2.45, 2.75) is 11.8 Å². The lowest BCUT2D eigenvalue weighted by molar-refractivity contribution is 0.102. The molecule has 9 nitrogen and oxygen atoms in total. The molecule has 12 heteroatoms. The lowest BCUT2D eigenvalue weighted by Gasteiger charge is -2.14. The van der Waals surface area contributed by atoms with Crippen molar-refractivity contribution in [3.63, 3.8) is 0 Å². The molecule has 0 aliphatic heterocycles. The van der Waals surface area contributed by atoms with Gasteiger partial charge in [0, 0.05) is 5.39 Å². The van der Waals surface area contributed by atoms with Crippen molar-refractivity contribution in [1.82, 2.24) is 0 Å². The Bertz CT molecular complexity index is 1690. The Balaban J connectivity index is 1.81. The number of rotatable bonds is 6. The van der Waals surface area contributed by atoms with Crippen LogP contribution in [0.25, 0.3) is 10.8 Å². The number of anilines is 1. The predicted molar refractivity (Wildman–Crippen MR) is 142 cm³/mol.